The molecule has 42 heavy (non-hydrogen) atoms. The van der Waals surface area contributed by atoms with Gasteiger partial charge in [0.15, 0.2) is 0 Å². The van der Waals surface area contributed by atoms with Gasteiger partial charge >= 0.3 is 0 Å². The fourth-order valence-corrected chi connectivity index (χ4v) is 7.36. The number of rotatable bonds is 5. The highest BCUT2D eigenvalue weighted by atomic mass is 35.5. The van der Waals surface area contributed by atoms with Crippen LogP contribution >= 0.6 is 11.6 Å². The first-order valence-corrected chi connectivity index (χ1v) is 15.2. The number of hydrogen-bond donors (Lipinski definition) is 1. The van der Waals surface area contributed by atoms with Gasteiger partial charge in [-0.3, -0.25) is 24.5 Å². The molecule has 0 aromatic heterocycles. The monoisotopic (exact) mass is 587 g/mol. The normalized spacial score (nSPS) is 28.0. The lowest BCUT2D eigenvalue weighted by atomic mass is 9.72. The van der Waals surface area contributed by atoms with E-state index in [-0.39, 0.29) is 35.7 Å². The van der Waals surface area contributed by atoms with Gasteiger partial charge in [-0.2, -0.15) is 0 Å². The van der Waals surface area contributed by atoms with Gasteiger partial charge in [0.05, 0.1) is 0 Å². The molecule has 2 saturated heterocycles. The number of allylic oxidation sites excluding steroid dienone is 1. The van der Waals surface area contributed by atoms with E-state index in [4.69, 9.17) is 16.3 Å². The van der Waals surface area contributed by atoms with Crippen molar-refractivity contribution in [3.8, 4) is 5.75 Å². The van der Waals surface area contributed by atoms with Gasteiger partial charge in [0.25, 0.3) is 5.91 Å². The largest absolute Gasteiger partial charge is 0.490 e. The summed E-state index contributed by atoms with van der Waals surface area (Å²) < 4.78 is 6.36. The van der Waals surface area contributed by atoms with E-state index >= 15 is 0 Å². The Morgan fingerprint density at radius 3 is 2.48 bits per heavy atom. The zero-order chi connectivity index (χ0) is 29.3. The summed E-state index contributed by atoms with van der Waals surface area (Å²) in [6, 6.07) is 12.7. The van der Waals surface area contributed by atoms with Gasteiger partial charge in [0.1, 0.15) is 17.9 Å². The van der Waals surface area contributed by atoms with E-state index in [1.807, 2.05) is 41.3 Å². The highest BCUT2D eigenvalue weighted by molar-refractivity contribution is 6.30. The number of carbonyl (C=O) groups excluding carboxylic acids is 4. The Hall–Kier alpha value is -3.65. The van der Waals surface area contributed by atoms with Crippen molar-refractivity contribution in [1.29, 1.82) is 0 Å². The van der Waals surface area contributed by atoms with Gasteiger partial charge in [0, 0.05) is 54.1 Å². The zero-order valence-electron chi connectivity index (χ0n) is 23.8. The maximum Gasteiger partial charge on any atom is 0.255 e. The van der Waals surface area contributed by atoms with Crippen molar-refractivity contribution < 1.29 is 23.9 Å². The predicted molar refractivity (Wildman–Crippen MR) is 156 cm³/mol. The Kier molecular flexibility index (Phi) is 6.46. The van der Waals surface area contributed by atoms with Gasteiger partial charge < -0.3 is 14.5 Å². The molecule has 0 radical (unpaired) electrons. The highest BCUT2D eigenvalue weighted by Crippen LogP contribution is 2.50. The molecule has 1 saturated carbocycles. The van der Waals surface area contributed by atoms with Crippen LogP contribution in [0.3, 0.4) is 0 Å². The molecular weight excluding hydrogens is 554 g/mol. The third kappa shape index (κ3) is 4.79. The molecule has 0 spiro atoms. The molecule has 2 aromatic rings. The van der Waals surface area contributed by atoms with E-state index < -0.39 is 11.9 Å². The summed E-state index contributed by atoms with van der Waals surface area (Å²) in [5, 5.41) is 3.03. The van der Waals surface area contributed by atoms with Crippen molar-refractivity contribution in [1.82, 2.24) is 15.1 Å². The number of benzene rings is 2. The molecule has 218 valence electrons. The molecular formula is C33H34ClN3O5. The molecule has 0 bridgehead atoms. The molecule has 3 atom stereocenters. The number of amides is 4. The Bertz CT molecular complexity index is 1540. The molecule has 7 rings (SSSR count). The number of nitrogens with zero attached hydrogens (tertiary/aromatic N) is 2. The molecule has 5 aliphatic rings. The number of fused-ring (bicyclic) bond motifs is 2. The van der Waals surface area contributed by atoms with Gasteiger partial charge in [-0.15, -0.1) is 0 Å². The summed E-state index contributed by atoms with van der Waals surface area (Å²) in [6.07, 6.45) is 3.24. The highest BCUT2D eigenvalue weighted by Gasteiger charge is 2.59. The second kappa shape index (κ2) is 9.97. The van der Waals surface area contributed by atoms with E-state index in [1.54, 1.807) is 11.0 Å². The van der Waals surface area contributed by atoms with Crippen molar-refractivity contribution >= 4 is 40.8 Å². The number of halogens is 1. The van der Waals surface area contributed by atoms with E-state index in [0.29, 0.717) is 54.2 Å². The number of nitrogens with one attached hydrogen (secondary N) is 1. The van der Waals surface area contributed by atoms with E-state index in [1.165, 1.54) is 0 Å². The lowest BCUT2D eigenvalue weighted by Crippen LogP contribution is -2.52. The van der Waals surface area contributed by atoms with Gasteiger partial charge in [-0.05, 0) is 78.1 Å². The van der Waals surface area contributed by atoms with Crippen molar-refractivity contribution in [3.05, 3.63) is 69.8 Å². The standard InChI is InChI=1S/C33H34ClN3O5/c1-33(2)12-11-23(24(14-33)18-3-5-20(34)6-4-18)31(40)36-16-25-26(17-36)29(25)42-21-7-8-22-19(13-21)15-37(32(22)41)27-9-10-28(38)35-30(27)39/h3-8,13,25-27,29H,9-12,14-17H2,1-2H3,(H,35,38,39). The minimum absolute atomic E-state index is 0.0467. The Labute approximate surface area is 250 Å². The summed E-state index contributed by atoms with van der Waals surface area (Å²) in [5.41, 5.74) is 4.68. The first kappa shape index (κ1) is 27.2. The second-order valence-electron chi connectivity index (χ2n) is 13.1. The van der Waals surface area contributed by atoms with Crippen LogP contribution in [0.4, 0.5) is 0 Å². The van der Waals surface area contributed by atoms with Crippen LogP contribution in [0.25, 0.3) is 5.57 Å². The van der Waals surface area contributed by atoms with Crippen LogP contribution in [0.5, 0.6) is 5.75 Å². The minimum Gasteiger partial charge on any atom is -0.490 e. The molecule has 1 N–H and O–H groups in total. The fourth-order valence-electron chi connectivity index (χ4n) is 7.24. The van der Waals surface area contributed by atoms with E-state index in [2.05, 4.69) is 19.2 Å². The molecule has 3 heterocycles. The average molecular weight is 588 g/mol. The van der Waals surface area contributed by atoms with Crippen LogP contribution in [0.15, 0.2) is 48.0 Å². The van der Waals surface area contributed by atoms with Gasteiger partial charge in [-0.25, -0.2) is 0 Å². The van der Waals surface area contributed by atoms with Crippen LogP contribution < -0.4 is 10.1 Å². The number of piperidine rings is 2. The predicted octanol–water partition coefficient (Wildman–Crippen LogP) is 4.60. The second-order valence-corrected chi connectivity index (χ2v) is 13.6. The number of likely N-dealkylation sites (tertiary alicyclic amines) is 1. The maximum atomic E-state index is 13.8. The third-order valence-electron chi connectivity index (χ3n) is 9.69. The van der Waals surface area contributed by atoms with Crippen LogP contribution in [-0.4, -0.2) is 58.7 Å². The molecule has 2 aromatic carbocycles. The summed E-state index contributed by atoms with van der Waals surface area (Å²) in [5.74, 6) is 0.528. The molecule has 3 fully saturated rings. The van der Waals surface area contributed by atoms with Crippen molar-refractivity contribution in [2.45, 2.75) is 64.6 Å². The first-order valence-electron chi connectivity index (χ1n) is 14.8. The van der Waals surface area contributed by atoms with Crippen molar-refractivity contribution in [3.63, 3.8) is 0 Å². The molecule has 9 heteroatoms. The summed E-state index contributed by atoms with van der Waals surface area (Å²) in [4.78, 5) is 54.2. The van der Waals surface area contributed by atoms with Crippen molar-refractivity contribution in [2.24, 2.45) is 17.3 Å². The summed E-state index contributed by atoms with van der Waals surface area (Å²) in [6.45, 7) is 6.21. The first-order chi connectivity index (χ1) is 20.1. The maximum absolute atomic E-state index is 13.8. The number of ether oxygens (including phenoxy) is 1. The third-order valence-corrected chi connectivity index (χ3v) is 9.94. The fraction of sp³-hybridized carbons (Fsp3) is 0.455. The number of carbonyl (C=O) groups is 4. The van der Waals surface area contributed by atoms with E-state index in [9.17, 15) is 19.2 Å². The smallest absolute Gasteiger partial charge is 0.255 e. The topological polar surface area (TPSA) is 96.0 Å². The van der Waals surface area contributed by atoms with E-state index in [0.717, 1.165) is 41.5 Å². The lowest BCUT2D eigenvalue weighted by molar-refractivity contribution is -0.137. The SMILES string of the molecule is CC1(C)CCC(C(=O)N2CC3C(C2)C3Oc2ccc3c(c2)CN(C2CCC(=O)NC2=O)C3=O)=C(c2ccc(Cl)cc2)C1. The van der Waals surface area contributed by atoms with Crippen LogP contribution in [0.1, 0.15) is 67.4 Å². The Balaban J connectivity index is 1.00. The molecule has 4 amide bonds. The van der Waals surface area contributed by atoms with Gasteiger partial charge in [-0.1, -0.05) is 37.6 Å². The number of hydrogen-bond acceptors (Lipinski definition) is 5. The van der Waals surface area contributed by atoms with Crippen LogP contribution in [0, 0.1) is 17.3 Å². The molecule has 8 nitrogen and oxygen atoms in total. The van der Waals surface area contributed by atoms with Crippen LogP contribution in [0.2, 0.25) is 5.02 Å². The number of imide groups is 1. The molecule has 3 aliphatic heterocycles. The van der Waals surface area contributed by atoms with Crippen LogP contribution in [-0.2, 0) is 20.9 Å². The molecule has 2 aliphatic carbocycles. The summed E-state index contributed by atoms with van der Waals surface area (Å²) >= 11 is 6.14. The average Bonchev–Trinajstić information content (AvgIpc) is 3.25. The summed E-state index contributed by atoms with van der Waals surface area (Å²) in [7, 11) is 0. The quantitative estimate of drug-likeness (QED) is 0.516. The minimum atomic E-state index is -0.635. The Morgan fingerprint density at radius 1 is 1.02 bits per heavy atom. The Morgan fingerprint density at radius 2 is 1.76 bits per heavy atom. The lowest BCUT2D eigenvalue weighted by Gasteiger charge is -2.34. The molecule has 3 unspecified atom stereocenters. The zero-order valence-corrected chi connectivity index (χ0v) is 24.6. The van der Waals surface area contributed by atoms with Gasteiger partial charge in [0.2, 0.25) is 17.7 Å². The van der Waals surface area contributed by atoms with Crippen molar-refractivity contribution in [2.75, 3.05) is 13.1 Å².